The van der Waals surface area contributed by atoms with Gasteiger partial charge in [-0.05, 0) is 18.2 Å². The van der Waals surface area contributed by atoms with E-state index < -0.39 is 0 Å². The van der Waals surface area contributed by atoms with Crippen molar-refractivity contribution in [3.63, 3.8) is 0 Å². The second kappa shape index (κ2) is 3.73. The van der Waals surface area contributed by atoms with Gasteiger partial charge in [0.15, 0.2) is 11.5 Å². The Morgan fingerprint density at radius 1 is 1.25 bits per heavy atom. The zero-order chi connectivity index (χ0) is 11.0. The Kier molecular flexibility index (Phi) is 2.23. The van der Waals surface area contributed by atoms with E-state index in [1.165, 1.54) is 11.3 Å². The first-order valence-electron chi connectivity index (χ1n) is 4.79. The molecule has 16 heavy (non-hydrogen) atoms. The van der Waals surface area contributed by atoms with Crippen molar-refractivity contribution in [1.82, 2.24) is 10.2 Å². The number of rotatable bonds is 2. The largest absolute Gasteiger partial charge is 0.454 e. The van der Waals surface area contributed by atoms with Crippen LogP contribution in [0.1, 0.15) is 5.01 Å². The van der Waals surface area contributed by atoms with Crippen molar-refractivity contribution < 1.29 is 9.47 Å². The molecule has 0 atom stereocenters. The molecule has 0 spiro atoms. The molecule has 0 fully saturated rings. The van der Waals surface area contributed by atoms with Crippen molar-refractivity contribution in [3.05, 3.63) is 23.2 Å². The standard InChI is InChI=1S/C10H9N3O2S/c11-4-9-12-13-10(16-9)6-1-2-7-8(3-6)15-5-14-7/h1-3H,4-5,11H2. The van der Waals surface area contributed by atoms with E-state index in [4.69, 9.17) is 15.2 Å². The monoisotopic (exact) mass is 235 g/mol. The van der Waals surface area contributed by atoms with E-state index in [1.54, 1.807) is 0 Å². The molecular weight excluding hydrogens is 226 g/mol. The lowest BCUT2D eigenvalue weighted by molar-refractivity contribution is 0.174. The summed E-state index contributed by atoms with van der Waals surface area (Å²) in [5, 5.41) is 9.72. The number of ether oxygens (including phenoxy) is 2. The molecule has 5 nitrogen and oxygen atoms in total. The summed E-state index contributed by atoms with van der Waals surface area (Å²) < 4.78 is 10.5. The minimum atomic E-state index is 0.281. The topological polar surface area (TPSA) is 70.3 Å². The Hall–Kier alpha value is -1.66. The van der Waals surface area contributed by atoms with Gasteiger partial charge in [0.25, 0.3) is 0 Å². The van der Waals surface area contributed by atoms with E-state index in [-0.39, 0.29) is 6.79 Å². The number of benzene rings is 1. The summed E-state index contributed by atoms with van der Waals surface area (Å²) in [4.78, 5) is 0. The van der Waals surface area contributed by atoms with Crippen LogP contribution in [0.4, 0.5) is 0 Å². The first kappa shape index (κ1) is 9.56. The van der Waals surface area contributed by atoms with Crippen molar-refractivity contribution in [2.45, 2.75) is 6.54 Å². The lowest BCUT2D eigenvalue weighted by atomic mass is 10.2. The van der Waals surface area contributed by atoms with Gasteiger partial charge in [-0.3, -0.25) is 0 Å². The summed E-state index contributed by atoms with van der Waals surface area (Å²) in [7, 11) is 0. The average molecular weight is 235 g/mol. The summed E-state index contributed by atoms with van der Waals surface area (Å²) in [6, 6.07) is 5.72. The highest BCUT2D eigenvalue weighted by atomic mass is 32.1. The Morgan fingerprint density at radius 3 is 2.94 bits per heavy atom. The molecule has 0 saturated heterocycles. The van der Waals surface area contributed by atoms with Crippen molar-refractivity contribution in [3.8, 4) is 22.1 Å². The third kappa shape index (κ3) is 1.52. The van der Waals surface area contributed by atoms with Gasteiger partial charge in [0.2, 0.25) is 6.79 Å². The lowest BCUT2D eigenvalue weighted by Crippen LogP contribution is -1.94. The molecule has 2 N–H and O–H groups in total. The summed E-state index contributed by atoms with van der Waals surface area (Å²) in [5.74, 6) is 1.52. The molecule has 0 saturated carbocycles. The molecule has 0 unspecified atom stereocenters. The number of nitrogens with two attached hydrogens (primary N) is 1. The maximum atomic E-state index is 5.49. The highest BCUT2D eigenvalue weighted by Crippen LogP contribution is 2.36. The van der Waals surface area contributed by atoms with Crippen LogP contribution in [0.2, 0.25) is 0 Å². The molecule has 0 aliphatic carbocycles. The van der Waals surface area contributed by atoms with Crippen molar-refractivity contribution in [1.29, 1.82) is 0 Å². The van der Waals surface area contributed by atoms with Crippen molar-refractivity contribution in [2.75, 3.05) is 6.79 Å². The van der Waals surface area contributed by atoms with Crippen LogP contribution in [0.15, 0.2) is 18.2 Å². The molecule has 6 heteroatoms. The number of hydrogen-bond acceptors (Lipinski definition) is 6. The van der Waals surface area contributed by atoms with Gasteiger partial charge in [0.1, 0.15) is 10.0 Å². The summed E-state index contributed by atoms with van der Waals surface area (Å²) in [6.07, 6.45) is 0. The van der Waals surface area contributed by atoms with Gasteiger partial charge in [-0.15, -0.1) is 10.2 Å². The van der Waals surface area contributed by atoms with Crippen LogP contribution >= 0.6 is 11.3 Å². The van der Waals surface area contributed by atoms with Crippen LogP contribution < -0.4 is 15.2 Å². The number of nitrogens with zero attached hydrogens (tertiary/aromatic N) is 2. The minimum Gasteiger partial charge on any atom is -0.454 e. The lowest BCUT2D eigenvalue weighted by Gasteiger charge is -1.98. The molecule has 2 aromatic rings. The molecule has 0 bridgehead atoms. The fourth-order valence-corrected chi connectivity index (χ4v) is 2.20. The highest BCUT2D eigenvalue weighted by molar-refractivity contribution is 7.14. The zero-order valence-electron chi connectivity index (χ0n) is 8.34. The number of aromatic nitrogens is 2. The fraction of sp³-hybridized carbons (Fsp3) is 0.200. The predicted molar refractivity (Wildman–Crippen MR) is 59.4 cm³/mol. The van der Waals surface area contributed by atoms with Crippen LogP contribution in [0, 0.1) is 0 Å². The molecule has 82 valence electrons. The van der Waals surface area contributed by atoms with Gasteiger partial charge < -0.3 is 15.2 Å². The quantitative estimate of drug-likeness (QED) is 0.851. The van der Waals surface area contributed by atoms with E-state index in [2.05, 4.69) is 10.2 Å². The second-order valence-electron chi connectivity index (χ2n) is 3.27. The summed E-state index contributed by atoms with van der Waals surface area (Å²) in [5.41, 5.74) is 6.47. The first-order valence-corrected chi connectivity index (χ1v) is 5.61. The van der Waals surface area contributed by atoms with Crippen molar-refractivity contribution >= 4 is 11.3 Å². The molecule has 1 aromatic heterocycles. The second-order valence-corrected chi connectivity index (χ2v) is 4.34. The van der Waals surface area contributed by atoms with Gasteiger partial charge in [0.05, 0.1) is 0 Å². The molecule has 0 amide bonds. The van der Waals surface area contributed by atoms with E-state index in [1.807, 2.05) is 18.2 Å². The van der Waals surface area contributed by atoms with Crippen LogP contribution in [0.3, 0.4) is 0 Å². The third-order valence-electron chi connectivity index (χ3n) is 2.26. The minimum absolute atomic E-state index is 0.281. The van der Waals surface area contributed by atoms with Crippen LogP contribution in [-0.2, 0) is 6.54 Å². The molecule has 0 radical (unpaired) electrons. The Labute approximate surface area is 95.8 Å². The Balaban J connectivity index is 2.00. The zero-order valence-corrected chi connectivity index (χ0v) is 9.16. The molecule has 1 aliphatic rings. The van der Waals surface area contributed by atoms with E-state index in [9.17, 15) is 0 Å². The van der Waals surface area contributed by atoms with Gasteiger partial charge in [0, 0.05) is 12.1 Å². The maximum Gasteiger partial charge on any atom is 0.231 e. The van der Waals surface area contributed by atoms with Crippen LogP contribution in [0.5, 0.6) is 11.5 Å². The highest BCUT2D eigenvalue weighted by Gasteiger charge is 2.15. The van der Waals surface area contributed by atoms with Gasteiger partial charge >= 0.3 is 0 Å². The number of hydrogen-bond donors (Lipinski definition) is 1. The van der Waals surface area contributed by atoms with Crippen molar-refractivity contribution in [2.24, 2.45) is 5.73 Å². The fourth-order valence-electron chi connectivity index (χ4n) is 1.48. The Bertz CT molecular complexity index is 527. The first-order chi connectivity index (χ1) is 7.86. The van der Waals surface area contributed by atoms with Gasteiger partial charge in [-0.2, -0.15) is 0 Å². The normalized spacial score (nSPS) is 13.1. The molecule has 1 aliphatic heterocycles. The molecule has 3 rings (SSSR count). The number of fused-ring (bicyclic) bond motifs is 1. The van der Waals surface area contributed by atoms with Gasteiger partial charge in [-0.25, -0.2) is 0 Å². The third-order valence-corrected chi connectivity index (χ3v) is 3.26. The maximum absolute atomic E-state index is 5.49. The summed E-state index contributed by atoms with van der Waals surface area (Å²) >= 11 is 1.49. The Morgan fingerprint density at radius 2 is 2.12 bits per heavy atom. The molecule has 2 heterocycles. The predicted octanol–water partition coefficient (Wildman–Crippen LogP) is 1.39. The van der Waals surface area contributed by atoms with Crippen LogP contribution in [0.25, 0.3) is 10.6 Å². The average Bonchev–Trinajstić information content (AvgIpc) is 2.96. The SMILES string of the molecule is NCc1nnc(-c2ccc3c(c2)OCO3)s1. The van der Waals surface area contributed by atoms with E-state index in [0.717, 1.165) is 27.1 Å². The smallest absolute Gasteiger partial charge is 0.231 e. The van der Waals surface area contributed by atoms with E-state index in [0.29, 0.717) is 6.54 Å². The summed E-state index contributed by atoms with van der Waals surface area (Å²) in [6.45, 7) is 0.700. The van der Waals surface area contributed by atoms with Gasteiger partial charge in [-0.1, -0.05) is 11.3 Å². The molecular formula is C10H9N3O2S. The van der Waals surface area contributed by atoms with E-state index >= 15 is 0 Å². The molecule has 1 aromatic carbocycles. The van der Waals surface area contributed by atoms with Crippen LogP contribution in [-0.4, -0.2) is 17.0 Å².